The van der Waals surface area contributed by atoms with Crippen molar-refractivity contribution in [3.63, 3.8) is 0 Å². The van der Waals surface area contributed by atoms with Gasteiger partial charge in [-0.2, -0.15) is 0 Å². The fourth-order valence-electron chi connectivity index (χ4n) is 3.47. The number of piperidine rings is 1. The van der Waals surface area contributed by atoms with Gasteiger partial charge in [-0.1, -0.05) is 13.0 Å². The average molecular weight is 356 g/mol. The van der Waals surface area contributed by atoms with E-state index in [4.69, 9.17) is 10.8 Å². The van der Waals surface area contributed by atoms with Gasteiger partial charge in [0.1, 0.15) is 5.75 Å². The number of carboxylic acids is 1. The molecule has 2 heterocycles. The molecule has 0 aliphatic carbocycles. The summed E-state index contributed by atoms with van der Waals surface area (Å²) in [6, 6.07) is 7.33. The van der Waals surface area contributed by atoms with E-state index in [0.29, 0.717) is 17.8 Å². The van der Waals surface area contributed by atoms with Crippen LogP contribution in [-0.4, -0.2) is 50.7 Å². The first-order chi connectivity index (χ1) is 12.5. The van der Waals surface area contributed by atoms with Crippen LogP contribution in [0.4, 0.5) is 5.95 Å². The average Bonchev–Trinajstić information content (AvgIpc) is 2.61. The van der Waals surface area contributed by atoms with Crippen molar-refractivity contribution < 1.29 is 15.0 Å². The summed E-state index contributed by atoms with van der Waals surface area (Å²) < 4.78 is 0. The molecule has 138 valence electrons. The van der Waals surface area contributed by atoms with Gasteiger partial charge in [0.15, 0.2) is 0 Å². The molecule has 1 atom stereocenters. The topological polar surface area (TPSA) is 113 Å². The van der Waals surface area contributed by atoms with E-state index in [2.05, 4.69) is 16.9 Å². The Morgan fingerprint density at radius 3 is 2.88 bits per heavy atom. The lowest BCUT2D eigenvalue weighted by Gasteiger charge is -2.31. The maximum Gasteiger partial charge on any atom is 0.317 e. The van der Waals surface area contributed by atoms with Gasteiger partial charge < -0.3 is 15.9 Å². The van der Waals surface area contributed by atoms with E-state index >= 15 is 0 Å². The lowest BCUT2D eigenvalue weighted by atomic mass is 9.93. The predicted octanol–water partition coefficient (Wildman–Crippen LogP) is 2.26. The molecule has 4 N–H and O–H groups in total. The van der Waals surface area contributed by atoms with Crippen molar-refractivity contribution in [2.45, 2.75) is 32.1 Å². The van der Waals surface area contributed by atoms with Crippen molar-refractivity contribution in [2.75, 3.05) is 25.4 Å². The number of phenols is 1. The molecular weight excluding hydrogens is 332 g/mol. The molecule has 0 amide bonds. The summed E-state index contributed by atoms with van der Waals surface area (Å²) in [5, 5.41) is 19.3. The third-order valence-electron chi connectivity index (χ3n) is 4.79. The fraction of sp³-hybridized carbons (Fsp3) is 0.421. The zero-order valence-electron chi connectivity index (χ0n) is 14.9. The van der Waals surface area contributed by atoms with E-state index in [0.717, 1.165) is 37.1 Å². The van der Waals surface area contributed by atoms with Gasteiger partial charge in [-0.15, -0.1) is 0 Å². The van der Waals surface area contributed by atoms with Crippen LogP contribution in [0.3, 0.4) is 0 Å². The number of anilines is 1. The smallest absolute Gasteiger partial charge is 0.317 e. The number of aliphatic carboxylic acids is 1. The maximum atomic E-state index is 11.0. The Bertz CT molecular complexity index is 809. The standard InChI is InChI=1S/C19H24N4O3/c1-2-12-5-6-17(24)14(8-12)16-9-15(21-19(20)22-16)13-4-3-7-23(10-13)11-18(25)26/h5-6,8-9,13,24H,2-4,7,10-11H2,1H3,(H,25,26)(H2,20,21,22). The predicted molar refractivity (Wildman–Crippen MR) is 99.0 cm³/mol. The number of hydrogen-bond donors (Lipinski definition) is 3. The third kappa shape index (κ3) is 4.11. The number of aromatic hydroxyl groups is 1. The summed E-state index contributed by atoms with van der Waals surface area (Å²) in [5.74, 6) is -0.407. The molecule has 1 aromatic heterocycles. The largest absolute Gasteiger partial charge is 0.507 e. The molecule has 3 rings (SSSR count). The van der Waals surface area contributed by atoms with E-state index < -0.39 is 5.97 Å². The normalized spacial score (nSPS) is 18.0. The first kappa shape index (κ1) is 18.1. The van der Waals surface area contributed by atoms with Gasteiger partial charge in [-0.25, -0.2) is 9.97 Å². The molecule has 0 bridgehead atoms. The Morgan fingerprint density at radius 2 is 2.15 bits per heavy atom. The number of nitrogen functional groups attached to an aromatic ring is 1. The van der Waals surface area contributed by atoms with E-state index in [9.17, 15) is 9.90 Å². The number of benzene rings is 1. The zero-order chi connectivity index (χ0) is 18.7. The van der Waals surface area contributed by atoms with Crippen LogP contribution in [0.5, 0.6) is 5.75 Å². The van der Waals surface area contributed by atoms with Gasteiger partial charge in [0.2, 0.25) is 5.95 Å². The fourth-order valence-corrected chi connectivity index (χ4v) is 3.47. The number of likely N-dealkylation sites (tertiary alicyclic amines) is 1. The Balaban J connectivity index is 1.92. The second kappa shape index (κ2) is 7.70. The minimum atomic E-state index is -0.824. The highest BCUT2D eigenvalue weighted by molar-refractivity contribution is 5.69. The van der Waals surface area contributed by atoms with Gasteiger partial charge in [0, 0.05) is 18.0 Å². The van der Waals surface area contributed by atoms with Crippen molar-refractivity contribution in [1.29, 1.82) is 0 Å². The molecule has 0 spiro atoms. The second-order valence-corrected chi connectivity index (χ2v) is 6.71. The maximum absolute atomic E-state index is 11.0. The molecule has 26 heavy (non-hydrogen) atoms. The molecular formula is C19H24N4O3. The number of phenolic OH excluding ortho intramolecular Hbond substituents is 1. The van der Waals surface area contributed by atoms with Crippen LogP contribution in [0, 0.1) is 0 Å². The molecule has 1 aromatic carbocycles. The quantitative estimate of drug-likeness (QED) is 0.753. The van der Waals surface area contributed by atoms with Crippen molar-refractivity contribution in [3.8, 4) is 17.0 Å². The highest BCUT2D eigenvalue weighted by Gasteiger charge is 2.25. The lowest BCUT2D eigenvalue weighted by molar-refractivity contribution is -0.138. The number of rotatable bonds is 5. The molecule has 1 fully saturated rings. The van der Waals surface area contributed by atoms with Crippen LogP contribution < -0.4 is 5.73 Å². The third-order valence-corrected chi connectivity index (χ3v) is 4.79. The highest BCUT2D eigenvalue weighted by atomic mass is 16.4. The van der Waals surface area contributed by atoms with Crippen LogP contribution in [0.15, 0.2) is 24.3 Å². The van der Waals surface area contributed by atoms with E-state index in [1.54, 1.807) is 6.07 Å². The van der Waals surface area contributed by atoms with Gasteiger partial charge in [0.25, 0.3) is 0 Å². The minimum Gasteiger partial charge on any atom is -0.507 e. The zero-order valence-corrected chi connectivity index (χ0v) is 14.9. The monoisotopic (exact) mass is 356 g/mol. The van der Waals surface area contributed by atoms with Crippen LogP contribution in [-0.2, 0) is 11.2 Å². The Kier molecular flexibility index (Phi) is 5.37. The van der Waals surface area contributed by atoms with Crippen molar-refractivity contribution in [1.82, 2.24) is 14.9 Å². The number of hydrogen-bond acceptors (Lipinski definition) is 6. The van der Waals surface area contributed by atoms with E-state index in [1.807, 2.05) is 23.1 Å². The Hall–Kier alpha value is -2.67. The van der Waals surface area contributed by atoms with E-state index in [1.165, 1.54) is 0 Å². The van der Waals surface area contributed by atoms with Crippen LogP contribution in [0.25, 0.3) is 11.3 Å². The molecule has 7 nitrogen and oxygen atoms in total. The number of carboxylic acid groups (broad SMARTS) is 1. The van der Waals surface area contributed by atoms with Gasteiger partial charge in [-0.05, 0) is 49.6 Å². The molecule has 0 radical (unpaired) electrons. The summed E-state index contributed by atoms with van der Waals surface area (Å²) in [6.07, 6.45) is 2.69. The number of nitrogens with two attached hydrogens (primary N) is 1. The van der Waals surface area contributed by atoms with Gasteiger partial charge in [-0.3, -0.25) is 9.69 Å². The SMILES string of the molecule is CCc1ccc(O)c(-c2cc(C3CCCN(CC(=O)O)C3)nc(N)n2)c1. The summed E-state index contributed by atoms with van der Waals surface area (Å²) in [7, 11) is 0. The summed E-state index contributed by atoms with van der Waals surface area (Å²) in [4.78, 5) is 21.6. The molecule has 1 saturated heterocycles. The van der Waals surface area contributed by atoms with Crippen LogP contribution in [0.1, 0.15) is 36.9 Å². The Labute approximate surface area is 152 Å². The molecule has 7 heteroatoms. The number of carbonyl (C=O) groups is 1. The summed E-state index contributed by atoms with van der Waals surface area (Å²) in [6.45, 7) is 3.48. The molecule has 0 saturated carbocycles. The van der Waals surface area contributed by atoms with Crippen LogP contribution >= 0.6 is 0 Å². The van der Waals surface area contributed by atoms with Crippen LogP contribution in [0.2, 0.25) is 0 Å². The van der Waals surface area contributed by atoms with Crippen molar-refractivity contribution >= 4 is 11.9 Å². The first-order valence-electron chi connectivity index (χ1n) is 8.87. The van der Waals surface area contributed by atoms with Gasteiger partial charge in [0.05, 0.1) is 17.9 Å². The first-order valence-corrected chi connectivity index (χ1v) is 8.87. The second-order valence-electron chi connectivity index (χ2n) is 6.71. The number of aryl methyl sites for hydroxylation is 1. The van der Waals surface area contributed by atoms with Crippen molar-refractivity contribution in [3.05, 3.63) is 35.5 Å². The van der Waals surface area contributed by atoms with Crippen molar-refractivity contribution in [2.24, 2.45) is 0 Å². The molecule has 1 aliphatic heterocycles. The molecule has 1 aliphatic rings. The Morgan fingerprint density at radius 1 is 1.35 bits per heavy atom. The molecule has 2 aromatic rings. The lowest BCUT2D eigenvalue weighted by Crippen LogP contribution is -2.38. The number of aromatic nitrogens is 2. The highest BCUT2D eigenvalue weighted by Crippen LogP contribution is 2.33. The summed E-state index contributed by atoms with van der Waals surface area (Å²) in [5.41, 5.74) is 9.05. The molecule has 1 unspecified atom stereocenters. The summed E-state index contributed by atoms with van der Waals surface area (Å²) >= 11 is 0. The number of nitrogens with zero attached hydrogens (tertiary/aromatic N) is 3. The minimum absolute atomic E-state index is 0.0310. The van der Waals surface area contributed by atoms with E-state index in [-0.39, 0.29) is 24.2 Å². The van der Waals surface area contributed by atoms with Gasteiger partial charge >= 0.3 is 5.97 Å².